The fraction of sp³-hybridized carbons (Fsp3) is 0.0870. The average Bonchev–Trinajstić information content (AvgIpc) is 3.42. The first-order valence-corrected chi connectivity index (χ1v) is 9.87. The fourth-order valence-electron chi connectivity index (χ4n) is 2.83. The quantitative estimate of drug-likeness (QED) is 0.317. The van der Waals surface area contributed by atoms with Gasteiger partial charge in [-0.3, -0.25) is 9.89 Å². The summed E-state index contributed by atoms with van der Waals surface area (Å²) in [5.74, 6) is 1.85. The molecule has 7 nitrogen and oxygen atoms in total. The minimum absolute atomic E-state index is 0.319. The molecule has 31 heavy (non-hydrogen) atoms. The molecule has 8 heteroatoms. The number of H-pyrrole nitrogens is 1. The van der Waals surface area contributed by atoms with Crippen LogP contribution in [0.1, 0.15) is 27.2 Å². The molecule has 0 spiro atoms. The lowest BCUT2D eigenvalue weighted by Crippen LogP contribution is -2.17. The number of furan rings is 1. The van der Waals surface area contributed by atoms with Crippen LogP contribution < -0.4 is 10.2 Å². The zero-order chi connectivity index (χ0) is 21.6. The summed E-state index contributed by atoms with van der Waals surface area (Å²) in [5, 5.41) is 11.6. The van der Waals surface area contributed by atoms with Crippen LogP contribution in [-0.2, 0) is 6.61 Å². The smallest absolute Gasteiger partial charge is 0.271 e. The van der Waals surface area contributed by atoms with Gasteiger partial charge in [-0.2, -0.15) is 10.2 Å². The first-order valence-electron chi connectivity index (χ1n) is 9.49. The van der Waals surface area contributed by atoms with Gasteiger partial charge in [0.25, 0.3) is 5.91 Å². The highest BCUT2D eigenvalue weighted by Gasteiger charge is 2.10. The van der Waals surface area contributed by atoms with Gasteiger partial charge in [0.1, 0.15) is 23.8 Å². The molecule has 0 unspecified atom stereocenters. The molecule has 0 radical (unpaired) electrons. The number of aryl methyl sites for hydroxylation is 1. The minimum Gasteiger partial charge on any atom is -0.489 e. The lowest BCUT2D eigenvalue weighted by atomic mass is 10.1. The van der Waals surface area contributed by atoms with Crippen LogP contribution in [0.25, 0.3) is 11.5 Å². The van der Waals surface area contributed by atoms with Gasteiger partial charge in [0.15, 0.2) is 5.76 Å². The standard InChI is InChI=1S/C23H19ClN4O3/c1-15-2-11-21(31-15)22-18(12-25-27-22)13-26-28-23(29)17-5-3-16(4-6-17)14-30-20-9-7-19(24)8-10-20/h2-13H,14H2,1H3,(H,25,27)(H,28,29)/b26-13+. The molecule has 0 aliphatic carbocycles. The number of aromatic amines is 1. The number of rotatable bonds is 7. The summed E-state index contributed by atoms with van der Waals surface area (Å²) in [7, 11) is 0. The van der Waals surface area contributed by atoms with Crippen LogP contribution in [0.3, 0.4) is 0 Å². The van der Waals surface area contributed by atoms with E-state index in [1.54, 1.807) is 42.6 Å². The number of hydrazone groups is 1. The number of ether oxygens (including phenoxy) is 1. The number of hydrogen-bond acceptors (Lipinski definition) is 5. The van der Waals surface area contributed by atoms with E-state index in [-0.39, 0.29) is 5.91 Å². The molecule has 1 amide bonds. The highest BCUT2D eigenvalue weighted by atomic mass is 35.5. The SMILES string of the molecule is Cc1ccc(-c2[nH]ncc2/C=N/NC(=O)c2ccc(COc3ccc(Cl)cc3)cc2)o1. The van der Waals surface area contributed by atoms with Crippen molar-refractivity contribution in [3.05, 3.63) is 94.3 Å². The summed E-state index contributed by atoms with van der Waals surface area (Å²) in [6, 6.07) is 18.0. The molecule has 156 valence electrons. The van der Waals surface area contributed by atoms with Gasteiger partial charge in [0.2, 0.25) is 0 Å². The molecule has 0 saturated carbocycles. The number of carbonyl (C=O) groups excluding carboxylic acids is 1. The summed E-state index contributed by atoms with van der Waals surface area (Å²) in [5.41, 5.74) is 5.33. The van der Waals surface area contributed by atoms with Crippen LogP contribution in [0.5, 0.6) is 5.75 Å². The molecule has 4 aromatic rings. The highest BCUT2D eigenvalue weighted by molar-refractivity contribution is 6.30. The second-order valence-electron chi connectivity index (χ2n) is 6.75. The number of hydrogen-bond donors (Lipinski definition) is 2. The van der Waals surface area contributed by atoms with Crippen LogP contribution in [-0.4, -0.2) is 22.3 Å². The molecular formula is C23H19ClN4O3. The molecule has 0 bridgehead atoms. The van der Waals surface area contributed by atoms with E-state index in [0.717, 1.165) is 17.1 Å². The lowest BCUT2D eigenvalue weighted by molar-refractivity contribution is 0.0955. The molecule has 0 fully saturated rings. The molecule has 0 atom stereocenters. The molecule has 2 aromatic carbocycles. The minimum atomic E-state index is -0.319. The zero-order valence-corrected chi connectivity index (χ0v) is 17.4. The van der Waals surface area contributed by atoms with Crippen molar-refractivity contribution in [2.45, 2.75) is 13.5 Å². The van der Waals surface area contributed by atoms with Gasteiger partial charge in [0.05, 0.1) is 12.4 Å². The third-order valence-corrected chi connectivity index (χ3v) is 4.71. The molecule has 0 aliphatic heterocycles. The molecule has 2 heterocycles. The maximum Gasteiger partial charge on any atom is 0.271 e. The largest absolute Gasteiger partial charge is 0.489 e. The number of amides is 1. The van der Waals surface area contributed by atoms with Crippen LogP contribution >= 0.6 is 11.6 Å². The predicted octanol–water partition coefficient (Wildman–Crippen LogP) is 4.97. The Morgan fingerprint density at radius 1 is 1.16 bits per heavy atom. The van der Waals surface area contributed by atoms with E-state index in [0.29, 0.717) is 34.2 Å². The number of benzene rings is 2. The number of halogens is 1. The zero-order valence-electron chi connectivity index (χ0n) is 16.6. The van der Waals surface area contributed by atoms with E-state index in [1.807, 2.05) is 31.2 Å². The van der Waals surface area contributed by atoms with Crippen molar-refractivity contribution in [1.29, 1.82) is 0 Å². The Bertz CT molecular complexity index is 1190. The van der Waals surface area contributed by atoms with E-state index in [4.69, 9.17) is 20.8 Å². The molecular weight excluding hydrogens is 416 g/mol. The maximum atomic E-state index is 12.3. The normalized spacial score (nSPS) is 11.0. The van der Waals surface area contributed by atoms with Gasteiger partial charge in [-0.1, -0.05) is 23.7 Å². The van der Waals surface area contributed by atoms with E-state index in [2.05, 4.69) is 20.7 Å². The predicted molar refractivity (Wildman–Crippen MR) is 118 cm³/mol. The molecule has 0 saturated heterocycles. The van der Waals surface area contributed by atoms with Crippen molar-refractivity contribution >= 4 is 23.7 Å². The lowest BCUT2D eigenvalue weighted by Gasteiger charge is -2.07. The van der Waals surface area contributed by atoms with Gasteiger partial charge in [-0.15, -0.1) is 0 Å². The Hall–Kier alpha value is -3.84. The van der Waals surface area contributed by atoms with E-state index in [1.165, 1.54) is 6.21 Å². The summed E-state index contributed by atoms with van der Waals surface area (Å²) >= 11 is 5.87. The molecule has 0 aliphatic rings. The van der Waals surface area contributed by atoms with Crippen molar-refractivity contribution in [1.82, 2.24) is 15.6 Å². The van der Waals surface area contributed by atoms with Crippen LogP contribution in [0.15, 0.2) is 76.4 Å². The Labute approximate surface area is 183 Å². The first-order chi connectivity index (χ1) is 15.1. The third kappa shape index (κ3) is 5.21. The number of aromatic nitrogens is 2. The molecule has 4 rings (SSSR count). The second kappa shape index (κ2) is 9.32. The van der Waals surface area contributed by atoms with Gasteiger partial charge >= 0.3 is 0 Å². The Morgan fingerprint density at radius 3 is 2.65 bits per heavy atom. The summed E-state index contributed by atoms with van der Waals surface area (Å²) in [4.78, 5) is 12.3. The Balaban J connectivity index is 1.33. The van der Waals surface area contributed by atoms with Crippen LogP contribution in [0, 0.1) is 6.92 Å². The van der Waals surface area contributed by atoms with Crippen molar-refractivity contribution < 1.29 is 13.9 Å². The van der Waals surface area contributed by atoms with E-state index < -0.39 is 0 Å². The van der Waals surface area contributed by atoms with E-state index >= 15 is 0 Å². The van der Waals surface area contributed by atoms with Gasteiger partial charge in [0, 0.05) is 16.1 Å². The number of nitrogens with zero attached hydrogens (tertiary/aromatic N) is 2. The summed E-state index contributed by atoms with van der Waals surface area (Å²) < 4.78 is 11.3. The Morgan fingerprint density at radius 2 is 1.94 bits per heavy atom. The number of nitrogens with one attached hydrogen (secondary N) is 2. The highest BCUT2D eigenvalue weighted by Crippen LogP contribution is 2.22. The monoisotopic (exact) mass is 434 g/mol. The summed E-state index contributed by atoms with van der Waals surface area (Å²) in [6.07, 6.45) is 3.13. The maximum absolute atomic E-state index is 12.3. The fourth-order valence-corrected chi connectivity index (χ4v) is 2.96. The van der Waals surface area contributed by atoms with Crippen LogP contribution in [0.4, 0.5) is 0 Å². The van der Waals surface area contributed by atoms with E-state index in [9.17, 15) is 4.79 Å². The third-order valence-electron chi connectivity index (χ3n) is 4.46. The average molecular weight is 435 g/mol. The van der Waals surface area contributed by atoms with Crippen molar-refractivity contribution in [2.24, 2.45) is 5.10 Å². The van der Waals surface area contributed by atoms with Gasteiger partial charge < -0.3 is 9.15 Å². The van der Waals surface area contributed by atoms with Gasteiger partial charge in [-0.05, 0) is 61.0 Å². The number of carbonyl (C=O) groups is 1. The second-order valence-corrected chi connectivity index (χ2v) is 7.19. The summed E-state index contributed by atoms with van der Waals surface area (Å²) in [6.45, 7) is 2.25. The first kappa shape index (κ1) is 20.4. The molecule has 2 N–H and O–H groups in total. The van der Waals surface area contributed by atoms with Crippen molar-refractivity contribution in [3.8, 4) is 17.2 Å². The Kier molecular flexibility index (Phi) is 6.14. The van der Waals surface area contributed by atoms with Gasteiger partial charge in [-0.25, -0.2) is 5.43 Å². The van der Waals surface area contributed by atoms with Crippen molar-refractivity contribution in [3.63, 3.8) is 0 Å². The topological polar surface area (TPSA) is 92.5 Å². The van der Waals surface area contributed by atoms with Crippen molar-refractivity contribution in [2.75, 3.05) is 0 Å². The molecule has 2 aromatic heterocycles. The van der Waals surface area contributed by atoms with Crippen LogP contribution in [0.2, 0.25) is 5.02 Å².